The van der Waals surface area contributed by atoms with E-state index in [2.05, 4.69) is 10.6 Å². The molecule has 0 unspecified atom stereocenters. The SMILES string of the molecule is O=C1CCCC2=C1[C@@H](c1cccc([N+](=O)[O-])c1)NC(=S)N2. The van der Waals surface area contributed by atoms with E-state index in [4.69, 9.17) is 12.2 Å². The van der Waals surface area contributed by atoms with Crippen LogP contribution in [0.4, 0.5) is 5.69 Å². The zero-order valence-corrected chi connectivity index (χ0v) is 11.9. The summed E-state index contributed by atoms with van der Waals surface area (Å²) in [5.74, 6) is 0.0651. The third kappa shape index (κ3) is 2.52. The van der Waals surface area contributed by atoms with Crippen LogP contribution >= 0.6 is 12.2 Å². The van der Waals surface area contributed by atoms with E-state index >= 15 is 0 Å². The number of nitrogens with one attached hydrogen (secondary N) is 2. The quantitative estimate of drug-likeness (QED) is 0.494. The fraction of sp³-hybridized carbons (Fsp3) is 0.286. The van der Waals surface area contributed by atoms with Crippen molar-refractivity contribution >= 4 is 28.8 Å². The number of ketones is 1. The monoisotopic (exact) mass is 303 g/mol. The van der Waals surface area contributed by atoms with E-state index in [1.165, 1.54) is 12.1 Å². The van der Waals surface area contributed by atoms with Crippen molar-refractivity contribution in [3.05, 3.63) is 51.2 Å². The lowest BCUT2D eigenvalue weighted by molar-refractivity contribution is -0.384. The summed E-state index contributed by atoms with van der Waals surface area (Å²) in [6.45, 7) is 0. The predicted molar refractivity (Wildman–Crippen MR) is 80.6 cm³/mol. The van der Waals surface area contributed by atoms with Gasteiger partial charge in [0.25, 0.3) is 5.69 Å². The van der Waals surface area contributed by atoms with E-state index in [1.54, 1.807) is 12.1 Å². The van der Waals surface area contributed by atoms with Gasteiger partial charge >= 0.3 is 0 Å². The van der Waals surface area contributed by atoms with E-state index in [-0.39, 0.29) is 11.5 Å². The predicted octanol–water partition coefficient (Wildman–Crippen LogP) is 2.12. The van der Waals surface area contributed by atoms with E-state index in [0.29, 0.717) is 22.7 Å². The highest BCUT2D eigenvalue weighted by Crippen LogP contribution is 2.34. The number of Topliss-reactive ketones (excluding diaryl/α,β-unsaturated/α-hetero) is 1. The molecule has 6 nitrogen and oxygen atoms in total. The number of non-ortho nitro benzene ring substituents is 1. The first-order valence-corrected chi connectivity index (χ1v) is 7.05. The molecule has 2 N–H and O–H groups in total. The standard InChI is InChI=1S/C14H13N3O3S/c18-11-6-2-5-10-12(11)13(16-14(21)15-10)8-3-1-4-9(7-8)17(19)20/h1,3-4,7,13H,2,5-6H2,(H2,15,16,21)/t13-/m1/s1. The summed E-state index contributed by atoms with van der Waals surface area (Å²) < 4.78 is 0. The van der Waals surface area contributed by atoms with Crippen LogP contribution in [-0.4, -0.2) is 15.8 Å². The van der Waals surface area contributed by atoms with Gasteiger partial charge in [-0.25, -0.2) is 0 Å². The Labute approximate surface area is 126 Å². The minimum absolute atomic E-state index is 0.00385. The Balaban J connectivity index is 2.07. The molecule has 7 heteroatoms. The second-order valence-electron chi connectivity index (χ2n) is 5.05. The third-order valence-corrected chi connectivity index (χ3v) is 3.92. The number of nitro benzene ring substituents is 1. The second kappa shape index (κ2) is 5.25. The van der Waals surface area contributed by atoms with Crippen molar-refractivity contribution in [2.75, 3.05) is 0 Å². The van der Waals surface area contributed by atoms with Crippen LogP contribution < -0.4 is 10.6 Å². The van der Waals surface area contributed by atoms with Gasteiger partial charge in [-0.15, -0.1) is 0 Å². The van der Waals surface area contributed by atoms with Gasteiger partial charge in [-0.3, -0.25) is 14.9 Å². The van der Waals surface area contributed by atoms with Gasteiger partial charge in [0.15, 0.2) is 10.9 Å². The van der Waals surface area contributed by atoms with Crippen molar-refractivity contribution in [1.29, 1.82) is 0 Å². The van der Waals surface area contributed by atoms with Crippen molar-refractivity contribution < 1.29 is 9.72 Å². The number of nitrogens with zero attached hydrogens (tertiary/aromatic N) is 1. The molecule has 2 aliphatic rings. The summed E-state index contributed by atoms with van der Waals surface area (Å²) in [6, 6.07) is 5.89. The van der Waals surface area contributed by atoms with Gasteiger partial charge in [0.2, 0.25) is 0 Å². The maximum absolute atomic E-state index is 12.2. The number of benzene rings is 1. The van der Waals surface area contributed by atoms with Crippen LogP contribution in [0.1, 0.15) is 30.9 Å². The molecule has 0 saturated heterocycles. The summed E-state index contributed by atoms with van der Waals surface area (Å²) in [5, 5.41) is 17.4. The fourth-order valence-electron chi connectivity index (χ4n) is 2.77. The molecule has 3 rings (SSSR count). The van der Waals surface area contributed by atoms with E-state index < -0.39 is 11.0 Å². The Kier molecular flexibility index (Phi) is 3.42. The number of carbonyl (C=O) groups excluding carboxylic acids is 1. The van der Waals surface area contributed by atoms with Crippen molar-refractivity contribution in [3.63, 3.8) is 0 Å². The number of hydrogen-bond donors (Lipinski definition) is 2. The molecule has 0 radical (unpaired) electrons. The highest BCUT2D eigenvalue weighted by atomic mass is 32.1. The van der Waals surface area contributed by atoms with Crippen molar-refractivity contribution in [1.82, 2.24) is 10.6 Å². The maximum Gasteiger partial charge on any atom is 0.269 e. The van der Waals surface area contributed by atoms with Gasteiger partial charge < -0.3 is 10.6 Å². The molecular formula is C14H13N3O3S. The molecule has 0 fully saturated rings. The molecule has 108 valence electrons. The van der Waals surface area contributed by atoms with Crippen molar-refractivity contribution in [2.45, 2.75) is 25.3 Å². The molecule has 0 amide bonds. The summed E-state index contributed by atoms with van der Waals surface area (Å²) in [5.41, 5.74) is 2.17. The number of allylic oxidation sites excluding steroid dienone is 1. The van der Waals surface area contributed by atoms with Gasteiger partial charge in [0.1, 0.15) is 0 Å². The van der Waals surface area contributed by atoms with Gasteiger partial charge in [0.05, 0.1) is 11.0 Å². The molecule has 0 spiro atoms. The fourth-order valence-corrected chi connectivity index (χ4v) is 3.01. The summed E-state index contributed by atoms with van der Waals surface area (Å²) in [6.07, 6.45) is 2.07. The first-order valence-electron chi connectivity index (χ1n) is 6.64. The molecule has 1 aromatic carbocycles. The summed E-state index contributed by atoms with van der Waals surface area (Å²) >= 11 is 5.17. The third-order valence-electron chi connectivity index (χ3n) is 3.70. The van der Waals surface area contributed by atoms with E-state index in [0.717, 1.165) is 18.5 Å². The lowest BCUT2D eigenvalue weighted by atomic mass is 9.85. The van der Waals surface area contributed by atoms with Crippen LogP contribution in [0.3, 0.4) is 0 Å². The zero-order valence-electron chi connectivity index (χ0n) is 11.1. The molecule has 0 saturated carbocycles. The summed E-state index contributed by atoms with van der Waals surface area (Å²) in [7, 11) is 0. The van der Waals surface area contributed by atoms with Crippen LogP contribution in [-0.2, 0) is 4.79 Å². The number of carbonyl (C=O) groups is 1. The molecule has 1 heterocycles. The molecule has 1 aliphatic heterocycles. The van der Waals surface area contributed by atoms with Crippen molar-refractivity contribution in [3.8, 4) is 0 Å². The Hall–Kier alpha value is -2.28. The first-order chi connectivity index (χ1) is 10.1. The minimum atomic E-state index is -0.444. The van der Waals surface area contributed by atoms with Gasteiger partial charge in [-0.1, -0.05) is 12.1 Å². The van der Waals surface area contributed by atoms with Gasteiger partial charge in [0, 0.05) is 29.8 Å². The van der Waals surface area contributed by atoms with Crippen LogP contribution in [0, 0.1) is 10.1 Å². The lowest BCUT2D eigenvalue weighted by Gasteiger charge is -2.33. The molecule has 0 aromatic heterocycles. The topological polar surface area (TPSA) is 84.3 Å². The highest BCUT2D eigenvalue weighted by Gasteiger charge is 2.33. The lowest BCUT2D eigenvalue weighted by Crippen LogP contribution is -2.46. The molecule has 1 aliphatic carbocycles. The molecule has 1 aromatic rings. The van der Waals surface area contributed by atoms with Crippen molar-refractivity contribution in [2.24, 2.45) is 0 Å². The van der Waals surface area contributed by atoms with Gasteiger partial charge in [-0.2, -0.15) is 0 Å². The zero-order chi connectivity index (χ0) is 15.0. The average molecular weight is 303 g/mol. The van der Waals surface area contributed by atoms with E-state index in [1.807, 2.05) is 0 Å². The molecular weight excluding hydrogens is 290 g/mol. The average Bonchev–Trinajstić information content (AvgIpc) is 2.46. The number of rotatable bonds is 2. The number of hydrogen-bond acceptors (Lipinski definition) is 4. The Morgan fingerprint density at radius 3 is 2.90 bits per heavy atom. The normalized spacial score (nSPS) is 21.4. The molecule has 0 bridgehead atoms. The smallest absolute Gasteiger partial charge is 0.269 e. The molecule has 21 heavy (non-hydrogen) atoms. The molecule has 1 atom stereocenters. The van der Waals surface area contributed by atoms with Crippen LogP contribution in [0.2, 0.25) is 0 Å². The first kappa shape index (κ1) is 13.7. The number of nitro groups is 1. The van der Waals surface area contributed by atoms with Crippen LogP contribution in [0.5, 0.6) is 0 Å². The second-order valence-corrected chi connectivity index (χ2v) is 5.46. The maximum atomic E-state index is 12.2. The van der Waals surface area contributed by atoms with Crippen LogP contribution in [0.25, 0.3) is 0 Å². The Morgan fingerprint density at radius 2 is 2.14 bits per heavy atom. The van der Waals surface area contributed by atoms with E-state index in [9.17, 15) is 14.9 Å². The minimum Gasteiger partial charge on any atom is -0.351 e. The Bertz CT molecular complexity index is 684. The Morgan fingerprint density at radius 1 is 1.33 bits per heavy atom. The highest BCUT2D eigenvalue weighted by molar-refractivity contribution is 7.80. The number of thiocarbonyl (C=S) groups is 1. The van der Waals surface area contributed by atoms with Crippen LogP contribution in [0.15, 0.2) is 35.5 Å². The largest absolute Gasteiger partial charge is 0.351 e. The van der Waals surface area contributed by atoms with Gasteiger partial charge in [-0.05, 0) is 30.6 Å². The summed E-state index contributed by atoms with van der Waals surface area (Å²) in [4.78, 5) is 22.7.